The Kier molecular flexibility index (Phi) is 2.25. The lowest BCUT2D eigenvalue weighted by Gasteiger charge is -2.05. The van der Waals surface area contributed by atoms with Crippen LogP contribution in [-0.2, 0) is 0 Å². The Hall–Kier alpha value is -2.10. The van der Waals surface area contributed by atoms with Crippen molar-refractivity contribution in [3.8, 4) is 0 Å². The van der Waals surface area contributed by atoms with E-state index in [1.165, 1.54) is 0 Å². The van der Waals surface area contributed by atoms with Crippen LogP contribution in [0.15, 0.2) is 30.3 Å². The maximum Gasteiger partial charge on any atom is 0.409 e. The fraction of sp³-hybridized carbons (Fsp3) is 0.0909. The summed E-state index contributed by atoms with van der Waals surface area (Å²) in [5.41, 5.74) is 2.27. The number of nitrogens with one attached hydrogen (secondary N) is 1. The van der Waals surface area contributed by atoms with Crippen molar-refractivity contribution in [3.05, 3.63) is 36.0 Å². The van der Waals surface area contributed by atoms with Gasteiger partial charge in [-0.2, -0.15) is 0 Å². The number of aromatic nitrogens is 1. The van der Waals surface area contributed by atoms with E-state index in [4.69, 9.17) is 5.11 Å². The molecule has 0 fully saturated rings. The summed E-state index contributed by atoms with van der Waals surface area (Å²) >= 11 is 0. The zero-order chi connectivity index (χ0) is 10.8. The average molecular weight is 202 g/mol. The number of benzene rings is 1. The number of hydrogen-bond acceptors (Lipinski definition) is 2. The topological polar surface area (TPSA) is 62.2 Å². The lowest BCUT2D eigenvalue weighted by Crippen LogP contribution is -2.07. The Morgan fingerprint density at radius 2 is 2.13 bits per heavy atom. The summed E-state index contributed by atoms with van der Waals surface area (Å²) in [6, 6.07) is 9.07. The third kappa shape index (κ3) is 1.88. The predicted octanol–water partition coefficient (Wildman–Crippen LogP) is 2.63. The molecule has 4 nitrogen and oxygen atoms in total. The number of carbonyl (C=O) groups is 1. The van der Waals surface area contributed by atoms with Crippen LogP contribution in [0.3, 0.4) is 0 Å². The monoisotopic (exact) mass is 202 g/mol. The van der Waals surface area contributed by atoms with Crippen LogP contribution in [0.1, 0.15) is 5.69 Å². The molecular weight excluding hydrogens is 192 g/mol. The van der Waals surface area contributed by atoms with E-state index in [1.807, 2.05) is 25.1 Å². The number of aryl methyl sites for hydroxylation is 1. The van der Waals surface area contributed by atoms with Crippen molar-refractivity contribution in [1.29, 1.82) is 0 Å². The van der Waals surface area contributed by atoms with Gasteiger partial charge in [-0.05, 0) is 31.2 Å². The van der Waals surface area contributed by atoms with E-state index in [0.29, 0.717) is 5.69 Å². The fourth-order valence-corrected chi connectivity index (χ4v) is 1.48. The molecule has 76 valence electrons. The lowest BCUT2D eigenvalue weighted by molar-refractivity contribution is 0.210. The van der Waals surface area contributed by atoms with Crippen molar-refractivity contribution in [3.63, 3.8) is 0 Å². The van der Waals surface area contributed by atoms with Crippen molar-refractivity contribution < 1.29 is 9.90 Å². The van der Waals surface area contributed by atoms with E-state index in [2.05, 4.69) is 10.3 Å². The zero-order valence-electron chi connectivity index (χ0n) is 8.19. The maximum atomic E-state index is 10.5. The highest BCUT2D eigenvalue weighted by molar-refractivity contribution is 5.98. The van der Waals surface area contributed by atoms with Crippen LogP contribution in [0.25, 0.3) is 10.9 Å². The molecule has 1 aromatic carbocycles. The molecular formula is C11H10N2O2. The first-order valence-electron chi connectivity index (χ1n) is 4.53. The summed E-state index contributed by atoms with van der Waals surface area (Å²) in [5, 5.41) is 11.8. The van der Waals surface area contributed by atoms with Gasteiger partial charge in [-0.15, -0.1) is 0 Å². The smallest absolute Gasteiger partial charge is 0.409 e. The van der Waals surface area contributed by atoms with Crippen molar-refractivity contribution >= 4 is 22.7 Å². The number of carboxylic acid groups (broad SMARTS) is 1. The molecule has 4 heteroatoms. The fourth-order valence-electron chi connectivity index (χ4n) is 1.48. The average Bonchev–Trinajstić information content (AvgIpc) is 2.16. The normalized spacial score (nSPS) is 10.2. The molecule has 0 atom stereocenters. The second kappa shape index (κ2) is 3.57. The first-order valence-corrected chi connectivity index (χ1v) is 4.53. The van der Waals surface area contributed by atoms with Crippen LogP contribution in [0.4, 0.5) is 10.5 Å². The first kappa shape index (κ1) is 9.45. The van der Waals surface area contributed by atoms with Crippen molar-refractivity contribution in [2.75, 3.05) is 5.32 Å². The largest absolute Gasteiger partial charge is 0.465 e. The Morgan fingerprint density at radius 3 is 2.87 bits per heavy atom. The van der Waals surface area contributed by atoms with Crippen molar-refractivity contribution in [1.82, 2.24) is 4.98 Å². The van der Waals surface area contributed by atoms with Crippen LogP contribution in [0, 0.1) is 6.92 Å². The lowest BCUT2D eigenvalue weighted by atomic mass is 10.1. The van der Waals surface area contributed by atoms with Crippen LogP contribution < -0.4 is 5.32 Å². The number of pyridine rings is 1. The molecule has 0 radical (unpaired) electrons. The van der Waals surface area contributed by atoms with Gasteiger partial charge in [-0.3, -0.25) is 10.3 Å². The molecule has 0 aliphatic carbocycles. The van der Waals surface area contributed by atoms with Crippen molar-refractivity contribution in [2.24, 2.45) is 0 Å². The van der Waals surface area contributed by atoms with Gasteiger partial charge < -0.3 is 5.11 Å². The van der Waals surface area contributed by atoms with E-state index in [0.717, 1.165) is 16.6 Å². The molecule has 1 heterocycles. The van der Waals surface area contributed by atoms with E-state index in [-0.39, 0.29) is 0 Å². The van der Waals surface area contributed by atoms with E-state index < -0.39 is 6.09 Å². The van der Waals surface area contributed by atoms with Gasteiger partial charge >= 0.3 is 6.09 Å². The van der Waals surface area contributed by atoms with Crippen LogP contribution in [0.2, 0.25) is 0 Å². The highest BCUT2D eigenvalue weighted by Crippen LogP contribution is 2.21. The van der Waals surface area contributed by atoms with Gasteiger partial charge in [-0.25, -0.2) is 4.79 Å². The molecule has 2 N–H and O–H groups in total. The number of hydrogen-bond donors (Lipinski definition) is 2. The second-order valence-corrected chi connectivity index (χ2v) is 3.26. The molecule has 1 amide bonds. The van der Waals surface area contributed by atoms with E-state index in [9.17, 15) is 4.79 Å². The minimum atomic E-state index is -1.07. The standard InChI is InChI=1S/C11H10N2O2/c1-7-5-6-8-9(12-7)3-2-4-10(8)13-11(14)15/h2-6,13H,1H3,(H,14,15). The number of nitrogens with zero attached hydrogens (tertiary/aromatic N) is 1. The number of rotatable bonds is 1. The quantitative estimate of drug-likeness (QED) is 0.747. The molecule has 0 saturated carbocycles. The zero-order valence-corrected chi connectivity index (χ0v) is 8.19. The summed E-state index contributed by atoms with van der Waals surface area (Å²) in [4.78, 5) is 14.9. The first-order chi connectivity index (χ1) is 7.16. The van der Waals surface area contributed by atoms with Crippen LogP contribution in [-0.4, -0.2) is 16.2 Å². The van der Waals surface area contributed by atoms with Gasteiger partial charge in [0.25, 0.3) is 0 Å². The van der Waals surface area contributed by atoms with Crippen LogP contribution in [0.5, 0.6) is 0 Å². The number of amides is 1. The molecule has 0 saturated heterocycles. The molecule has 0 spiro atoms. The van der Waals surface area contributed by atoms with Crippen LogP contribution >= 0.6 is 0 Å². The minimum absolute atomic E-state index is 0.563. The molecule has 0 aliphatic rings. The van der Waals surface area contributed by atoms with Gasteiger partial charge in [0.05, 0.1) is 11.2 Å². The SMILES string of the molecule is Cc1ccc2c(NC(=O)O)cccc2n1. The highest BCUT2D eigenvalue weighted by Gasteiger charge is 2.03. The van der Waals surface area contributed by atoms with Gasteiger partial charge in [0.2, 0.25) is 0 Å². The van der Waals surface area contributed by atoms with E-state index in [1.54, 1.807) is 12.1 Å². The predicted molar refractivity (Wildman–Crippen MR) is 58.1 cm³/mol. The number of anilines is 1. The summed E-state index contributed by atoms with van der Waals surface area (Å²) in [6.45, 7) is 1.90. The summed E-state index contributed by atoms with van der Waals surface area (Å²) in [5.74, 6) is 0. The Balaban J connectivity index is 2.60. The third-order valence-electron chi connectivity index (χ3n) is 2.11. The van der Waals surface area contributed by atoms with Gasteiger partial charge in [0, 0.05) is 11.1 Å². The van der Waals surface area contributed by atoms with Gasteiger partial charge in [-0.1, -0.05) is 6.07 Å². The second-order valence-electron chi connectivity index (χ2n) is 3.26. The molecule has 2 rings (SSSR count). The van der Waals surface area contributed by atoms with Crippen molar-refractivity contribution in [2.45, 2.75) is 6.92 Å². The molecule has 0 aliphatic heterocycles. The summed E-state index contributed by atoms with van der Waals surface area (Å²) in [7, 11) is 0. The van der Waals surface area contributed by atoms with E-state index >= 15 is 0 Å². The van der Waals surface area contributed by atoms with Gasteiger partial charge in [0.15, 0.2) is 0 Å². The Morgan fingerprint density at radius 1 is 1.33 bits per heavy atom. The molecule has 1 aromatic heterocycles. The summed E-state index contributed by atoms with van der Waals surface area (Å²) < 4.78 is 0. The third-order valence-corrected chi connectivity index (χ3v) is 2.11. The Labute approximate surface area is 86.6 Å². The molecule has 2 aromatic rings. The van der Waals surface area contributed by atoms with Gasteiger partial charge in [0.1, 0.15) is 0 Å². The molecule has 0 unspecified atom stereocenters. The molecule has 15 heavy (non-hydrogen) atoms. The number of fused-ring (bicyclic) bond motifs is 1. The summed E-state index contributed by atoms with van der Waals surface area (Å²) in [6.07, 6.45) is -1.07. The highest BCUT2D eigenvalue weighted by atomic mass is 16.4. The maximum absolute atomic E-state index is 10.5. The Bertz CT molecular complexity index is 523. The minimum Gasteiger partial charge on any atom is -0.465 e. The molecule has 0 bridgehead atoms.